The van der Waals surface area contributed by atoms with Gasteiger partial charge < -0.3 is 4.74 Å². The molecule has 1 aliphatic carbocycles. The molecule has 0 atom stereocenters. The van der Waals surface area contributed by atoms with Crippen molar-refractivity contribution >= 4 is 0 Å². The van der Waals surface area contributed by atoms with Gasteiger partial charge >= 0.3 is 6.36 Å². The average molecular weight is 324 g/mol. The van der Waals surface area contributed by atoms with Crippen molar-refractivity contribution in [3.05, 3.63) is 29.8 Å². The molecule has 1 saturated carbocycles. The summed E-state index contributed by atoms with van der Waals surface area (Å²) in [6, 6.07) is 5.75. The Morgan fingerprint density at radius 1 is 1.09 bits per heavy atom. The molecule has 1 aromatic rings. The lowest BCUT2D eigenvalue weighted by molar-refractivity contribution is -0.274. The minimum Gasteiger partial charge on any atom is -0.406 e. The Labute approximate surface area is 136 Å². The zero-order chi connectivity index (χ0) is 16.7. The second kappa shape index (κ2) is 8.29. The van der Waals surface area contributed by atoms with E-state index in [-0.39, 0.29) is 5.75 Å². The molecule has 2 rings (SSSR count). The van der Waals surface area contributed by atoms with Gasteiger partial charge in [-0.15, -0.1) is 13.2 Å². The summed E-state index contributed by atoms with van der Waals surface area (Å²) >= 11 is 0. The van der Waals surface area contributed by atoms with E-state index in [1.165, 1.54) is 44.2 Å². The third kappa shape index (κ3) is 6.56. The van der Waals surface area contributed by atoms with Crippen molar-refractivity contribution in [1.29, 1.82) is 0 Å². The number of unbranched alkanes of at least 4 members (excludes halogenated alkanes) is 1. The fraction of sp³-hybridized carbons (Fsp3) is 0.579. The first-order valence-electron chi connectivity index (χ1n) is 8.33. The van der Waals surface area contributed by atoms with Crippen LogP contribution in [0.25, 0.3) is 0 Å². The van der Waals surface area contributed by atoms with E-state index in [0.29, 0.717) is 5.92 Å². The van der Waals surface area contributed by atoms with Crippen molar-refractivity contribution in [2.45, 2.75) is 58.2 Å². The summed E-state index contributed by atoms with van der Waals surface area (Å²) in [4.78, 5) is 0. The predicted octanol–water partition coefficient (Wildman–Crippen LogP) is 5.93. The summed E-state index contributed by atoms with van der Waals surface area (Å²) in [5.41, 5.74) is 0.729. The van der Waals surface area contributed by atoms with Crippen LogP contribution < -0.4 is 4.74 Å². The maximum Gasteiger partial charge on any atom is 0.573 e. The smallest absolute Gasteiger partial charge is 0.406 e. The Balaban J connectivity index is 1.83. The Hall–Kier alpha value is -1.63. The fourth-order valence-corrected chi connectivity index (χ4v) is 3.01. The van der Waals surface area contributed by atoms with Gasteiger partial charge in [0.25, 0.3) is 0 Å². The quantitative estimate of drug-likeness (QED) is 0.623. The standard InChI is InChI=1S/C19H23F3O/c1-2-3-4-15-5-7-16(8-6-15)9-10-17-11-13-18(14-12-17)23-19(20,21)22/h11-16H,2-8H2,1H3. The number of benzene rings is 1. The Kier molecular flexibility index (Phi) is 6.38. The molecule has 1 aromatic carbocycles. The van der Waals surface area contributed by atoms with E-state index in [1.807, 2.05) is 0 Å². The Morgan fingerprint density at radius 3 is 2.30 bits per heavy atom. The van der Waals surface area contributed by atoms with Crippen LogP contribution in [0.3, 0.4) is 0 Å². The molecule has 23 heavy (non-hydrogen) atoms. The van der Waals surface area contributed by atoms with Crippen LogP contribution in [0.2, 0.25) is 0 Å². The number of hydrogen-bond donors (Lipinski definition) is 0. The zero-order valence-electron chi connectivity index (χ0n) is 13.5. The van der Waals surface area contributed by atoms with Crippen molar-refractivity contribution in [3.63, 3.8) is 0 Å². The van der Waals surface area contributed by atoms with E-state index in [1.54, 1.807) is 12.1 Å². The van der Waals surface area contributed by atoms with Crippen LogP contribution >= 0.6 is 0 Å². The van der Waals surface area contributed by atoms with Crippen molar-refractivity contribution in [2.24, 2.45) is 11.8 Å². The fourth-order valence-electron chi connectivity index (χ4n) is 3.01. The molecule has 1 fully saturated rings. The third-order valence-electron chi connectivity index (χ3n) is 4.32. The van der Waals surface area contributed by atoms with Gasteiger partial charge in [0.1, 0.15) is 5.75 Å². The first kappa shape index (κ1) is 17.7. The predicted molar refractivity (Wildman–Crippen MR) is 85.0 cm³/mol. The monoisotopic (exact) mass is 324 g/mol. The lowest BCUT2D eigenvalue weighted by atomic mass is 9.80. The van der Waals surface area contributed by atoms with Crippen molar-refractivity contribution in [3.8, 4) is 17.6 Å². The highest BCUT2D eigenvalue weighted by Crippen LogP contribution is 2.31. The summed E-state index contributed by atoms with van der Waals surface area (Å²) in [6.07, 6.45) is 4.02. The van der Waals surface area contributed by atoms with Crippen molar-refractivity contribution in [2.75, 3.05) is 0 Å². The average Bonchev–Trinajstić information content (AvgIpc) is 2.52. The second-order valence-corrected chi connectivity index (χ2v) is 6.20. The number of halogens is 3. The van der Waals surface area contributed by atoms with Crippen LogP contribution in [0.5, 0.6) is 5.75 Å². The number of alkyl halides is 3. The number of rotatable bonds is 4. The molecular formula is C19H23F3O. The summed E-state index contributed by atoms with van der Waals surface area (Å²) in [6.45, 7) is 2.22. The van der Waals surface area contributed by atoms with Gasteiger partial charge in [-0.3, -0.25) is 0 Å². The highest BCUT2D eigenvalue weighted by molar-refractivity contribution is 5.38. The van der Waals surface area contributed by atoms with E-state index >= 15 is 0 Å². The molecule has 0 aliphatic heterocycles. The molecule has 0 bridgehead atoms. The SMILES string of the molecule is CCCCC1CCC(C#Cc2ccc(OC(F)(F)F)cc2)CC1. The largest absolute Gasteiger partial charge is 0.573 e. The minimum absolute atomic E-state index is 0.209. The summed E-state index contributed by atoms with van der Waals surface area (Å²) in [5.74, 6) is 7.41. The van der Waals surface area contributed by atoms with Gasteiger partial charge in [-0.2, -0.15) is 0 Å². The van der Waals surface area contributed by atoms with Crippen LogP contribution in [-0.4, -0.2) is 6.36 Å². The molecule has 126 valence electrons. The Morgan fingerprint density at radius 2 is 1.74 bits per heavy atom. The van der Waals surface area contributed by atoms with Crippen molar-refractivity contribution < 1.29 is 17.9 Å². The molecule has 4 heteroatoms. The molecule has 0 unspecified atom stereocenters. The third-order valence-corrected chi connectivity index (χ3v) is 4.32. The highest BCUT2D eigenvalue weighted by atomic mass is 19.4. The maximum atomic E-state index is 12.1. The molecule has 0 heterocycles. The minimum atomic E-state index is -4.65. The lowest BCUT2D eigenvalue weighted by Gasteiger charge is -2.25. The summed E-state index contributed by atoms with van der Waals surface area (Å²) < 4.78 is 40.1. The molecule has 1 nitrogen and oxygen atoms in total. The van der Waals surface area contributed by atoms with E-state index in [2.05, 4.69) is 23.5 Å². The number of ether oxygens (including phenoxy) is 1. The van der Waals surface area contributed by atoms with Crippen LogP contribution in [0.4, 0.5) is 13.2 Å². The number of hydrogen-bond acceptors (Lipinski definition) is 1. The van der Waals surface area contributed by atoms with Gasteiger partial charge in [0.05, 0.1) is 0 Å². The molecule has 0 spiro atoms. The van der Waals surface area contributed by atoms with E-state index in [9.17, 15) is 13.2 Å². The van der Waals surface area contributed by atoms with Gasteiger partial charge in [0.15, 0.2) is 0 Å². The molecule has 0 amide bonds. The molecule has 0 N–H and O–H groups in total. The lowest BCUT2D eigenvalue weighted by Crippen LogP contribution is -2.16. The molecule has 0 radical (unpaired) electrons. The first-order chi connectivity index (χ1) is 11.0. The van der Waals surface area contributed by atoms with Crippen LogP contribution in [0.1, 0.15) is 57.4 Å². The van der Waals surface area contributed by atoms with Gasteiger partial charge in [-0.05, 0) is 55.9 Å². The summed E-state index contributed by atoms with van der Waals surface area (Å²) in [5, 5.41) is 0. The van der Waals surface area contributed by atoms with Crippen LogP contribution in [-0.2, 0) is 0 Å². The van der Waals surface area contributed by atoms with Gasteiger partial charge in [-0.25, -0.2) is 0 Å². The summed E-state index contributed by atoms with van der Waals surface area (Å²) in [7, 11) is 0. The van der Waals surface area contributed by atoms with Crippen LogP contribution in [0, 0.1) is 23.7 Å². The normalized spacial score (nSPS) is 21.4. The van der Waals surface area contributed by atoms with Gasteiger partial charge in [0, 0.05) is 11.5 Å². The van der Waals surface area contributed by atoms with E-state index in [4.69, 9.17) is 0 Å². The van der Waals surface area contributed by atoms with Crippen molar-refractivity contribution in [1.82, 2.24) is 0 Å². The molecule has 1 aliphatic rings. The van der Waals surface area contributed by atoms with Gasteiger partial charge in [0.2, 0.25) is 0 Å². The highest BCUT2D eigenvalue weighted by Gasteiger charge is 2.30. The molecule has 0 aromatic heterocycles. The van der Waals surface area contributed by atoms with E-state index < -0.39 is 6.36 Å². The maximum absolute atomic E-state index is 12.1. The molecule has 0 saturated heterocycles. The van der Waals surface area contributed by atoms with E-state index in [0.717, 1.165) is 24.3 Å². The Bertz CT molecular complexity index is 528. The van der Waals surface area contributed by atoms with Crippen LogP contribution in [0.15, 0.2) is 24.3 Å². The van der Waals surface area contributed by atoms with Gasteiger partial charge in [-0.1, -0.05) is 38.0 Å². The second-order valence-electron chi connectivity index (χ2n) is 6.20. The zero-order valence-corrected chi connectivity index (χ0v) is 13.5. The first-order valence-corrected chi connectivity index (χ1v) is 8.33. The topological polar surface area (TPSA) is 9.23 Å². The molecular weight excluding hydrogens is 301 g/mol.